The first kappa shape index (κ1) is 16.0. The smallest absolute Gasteiger partial charge is 0.265 e. The Balaban J connectivity index is 2.36. The van der Waals surface area contributed by atoms with Gasteiger partial charge in [-0.15, -0.1) is 0 Å². The number of fused-ring (bicyclic) bond motifs is 1. The minimum Gasteiger partial charge on any atom is -0.494 e. The van der Waals surface area contributed by atoms with E-state index in [4.69, 9.17) is 5.11 Å². The van der Waals surface area contributed by atoms with Gasteiger partial charge in [0.1, 0.15) is 0 Å². The summed E-state index contributed by atoms with van der Waals surface area (Å²) in [6, 6.07) is 14.5. The van der Waals surface area contributed by atoms with Gasteiger partial charge in [-0.1, -0.05) is 30.3 Å². The molecule has 0 fully saturated rings. The Morgan fingerprint density at radius 1 is 1.12 bits per heavy atom. The topological polar surface area (TPSA) is 74.8 Å². The van der Waals surface area contributed by atoms with Crippen molar-refractivity contribution in [1.29, 1.82) is 0 Å². The van der Waals surface area contributed by atoms with Crippen molar-refractivity contribution in [3.63, 3.8) is 0 Å². The zero-order chi connectivity index (χ0) is 17.1. The Morgan fingerprint density at radius 3 is 2.58 bits per heavy atom. The molecule has 0 spiro atoms. The molecule has 24 heavy (non-hydrogen) atoms. The van der Waals surface area contributed by atoms with Crippen molar-refractivity contribution in [3.8, 4) is 11.6 Å². The molecule has 2 aromatic carbocycles. The Kier molecular flexibility index (Phi) is 4.44. The highest BCUT2D eigenvalue weighted by atomic mass is 16.3. The molecule has 0 aliphatic carbocycles. The zero-order valence-corrected chi connectivity index (χ0v) is 13.3. The largest absolute Gasteiger partial charge is 0.494 e. The third-order valence-electron chi connectivity index (χ3n) is 3.81. The Hall–Kier alpha value is -2.92. The van der Waals surface area contributed by atoms with E-state index in [1.165, 1.54) is 10.8 Å². The maximum absolute atomic E-state index is 12.9. The van der Waals surface area contributed by atoms with E-state index in [-0.39, 0.29) is 24.6 Å². The second kappa shape index (κ2) is 6.68. The van der Waals surface area contributed by atoms with Crippen LogP contribution < -0.4 is 5.56 Å². The fraction of sp³-hybridized carbons (Fsp3) is 0.158. The van der Waals surface area contributed by atoms with Crippen molar-refractivity contribution < 1.29 is 10.2 Å². The first-order chi connectivity index (χ1) is 11.6. The summed E-state index contributed by atoms with van der Waals surface area (Å²) in [7, 11) is 0. The van der Waals surface area contributed by atoms with E-state index in [9.17, 15) is 9.90 Å². The number of aryl methyl sites for hydroxylation is 1. The molecule has 5 nitrogen and oxygen atoms in total. The average molecular weight is 322 g/mol. The highest BCUT2D eigenvalue weighted by molar-refractivity contribution is 6.01. The minimum absolute atomic E-state index is 0.0767. The maximum atomic E-state index is 12.9. The molecule has 0 aliphatic heterocycles. The molecule has 122 valence electrons. The molecule has 5 heteroatoms. The van der Waals surface area contributed by atoms with Crippen molar-refractivity contribution in [2.45, 2.75) is 6.92 Å². The summed E-state index contributed by atoms with van der Waals surface area (Å²) < 4.78 is 1.29. The van der Waals surface area contributed by atoms with Gasteiger partial charge in [-0.05, 0) is 30.7 Å². The van der Waals surface area contributed by atoms with Crippen LogP contribution >= 0.6 is 0 Å². The average Bonchev–Trinajstić information content (AvgIpc) is 2.58. The van der Waals surface area contributed by atoms with Gasteiger partial charge >= 0.3 is 0 Å². The van der Waals surface area contributed by atoms with Gasteiger partial charge in [-0.2, -0.15) is 0 Å². The molecule has 3 aromatic rings. The molecular weight excluding hydrogens is 304 g/mol. The molecule has 0 unspecified atom stereocenters. The molecule has 1 aromatic heterocycles. The Bertz CT molecular complexity index is 974. The lowest BCUT2D eigenvalue weighted by atomic mass is 10.1. The summed E-state index contributed by atoms with van der Waals surface area (Å²) >= 11 is 0. The summed E-state index contributed by atoms with van der Waals surface area (Å²) in [5.74, 6) is -0.161. The van der Waals surface area contributed by atoms with Gasteiger partial charge in [-0.25, -0.2) is 4.57 Å². The summed E-state index contributed by atoms with van der Waals surface area (Å²) in [4.78, 5) is 17.0. The fourth-order valence-electron chi connectivity index (χ4n) is 2.71. The third kappa shape index (κ3) is 2.81. The molecule has 3 rings (SSSR count). The summed E-state index contributed by atoms with van der Waals surface area (Å²) in [6.07, 6.45) is 1.50. The molecule has 0 bridgehead atoms. The second-order valence-corrected chi connectivity index (χ2v) is 5.52. The van der Waals surface area contributed by atoms with Gasteiger partial charge in [0, 0.05) is 17.0 Å². The van der Waals surface area contributed by atoms with Gasteiger partial charge < -0.3 is 10.2 Å². The molecule has 0 saturated heterocycles. The van der Waals surface area contributed by atoms with E-state index in [2.05, 4.69) is 4.99 Å². The third-order valence-corrected chi connectivity index (χ3v) is 3.81. The maximum Gasteiger partial charge on any atom is 0.265 e. The van der Waals surface area contributed by atoms with Crippen molar-refractivity contribution in [2.75, 3.05) is 13.2 Å². The number of pyridine rings is 1. The number of benzene rings is 2. The Morgan fingerprint density at radius 2 is 1.88 bits per heavy atom. The first-order valence-corrected chi connectivity index (χ1v) is 7.68. The highest BCUT2D eigenvalue weighted by Gasteiger charge is 2.16. The monoisotopic (exact) mass is 322 g/mol. The number of aromatic hydroxyl groups is 1. The van der Waals surface area contributed by atoms with Crippen LogP contribution in [0.4, 0.5) is 0 Å². The fourth-order valence-corrected chi connectivity index (χ4v) is 2.71. The van der Waals surface area contributed by atoms with Crippen LogP contribution in [-0.4, -0.2) is 34.1 Å². The van der Waals surface area contributed by atoms with Crippen LogP contribution in [0.25, 0.3) is 16.5 Å². The number of nitrogens with zero attached hydrogens (tertiary/aromatic N) is 2. The summed E-state index contributed by atoms with van der Waals surface area (Å²) in [6.45, 7) is 2.08. The number of aromatic nitrogens is 1. The van der Waals surface area contributed by atoms with E-state index in [0.717, 1.165) is 5.56 Å². The van der Waals surface area contributed by atoms with Crippen LogP contribution in [0.1, 0.15) is 11.1 Å². The van der Waals surface area contributed by atoms with Gasteiger partial charge in [0.2, 0.25) is 5.88 Å². The number of hydrogen-bond donors (Lipinski definition) is 2. The SMILES string of the molecule is Cc1cccc(-n2c(O)c(C=NCCO)c3ccccc3c2=O)c1. The first-order valence-electron chi connectivity index (χ1n) is 7.68. The molecule has 0 saturated carbocycles. The lowest BCUT2D eigenvalue weighted by molar-refractivity contribution is 0.307. The van der Waals surface area contributed by atoms with E-state index >= 15 is 0 Å². The summed E-state index contributed by atoms with van der Waals surface area (Å²) in [5, 5.41) is 20.8. The summed E-state index contributed by atoms with van der Waals surface area (Å²) in [5.41, 5.74) is 1.76. The number of rotatable bonds is 4. The zero-order valence-electron chi connectivity index (χ0n) is 13.3. The van der Waals surface area contributed by atoms with E-state index < -0.39 is 0 Å². The molecule has 0 atom stereocenters. The molecule has 0 radical (unpaired) electrons. The van der Waals surface area contributed by atoms with Crippen LogP contribution in [0.15, 0.2) is 58.3 Å². The molecule has 0 amide bonds. The number of aliphatic hydroxyl groups is 1. The highest BCUT2D eigenvalue weighted by Crippen LogP contribution is 2.26. The number of hydrogen-bond acceptors (Lipinski definition) is 4. The predicted molar refractivity (Wildman–Crippen MR) is 95.5 cm³/mol. The van der Waals surface area contributed by atoms with Gasteiger partial charge in [0.25, 0.3) is 5.56 Å². The molecule has 2 N–H and O–H groups in total. The normalized spacial score (nSPS) is 11.4. The lowest BCUT2D eigenvalue weighted by Crippen LogP contribution is -2.20. The van der Waals surface area contributed by atoms with E-state index in [1.807, 2.05) is 31.2 Å². The molecular formula is C19H18N2O3. The second-order valence-electron chi connectivity index (χ2n) is 5.52. The van der Waals surface area contributed by atoms with Crippen LogP contribution in [-0.2, 0) is 0 Å². The van der Waals surface area contributed by atoms with E-state index in [0.29, 0.717) is 22.0 Å². The van der Waals surface area contributed by atoms with Gasteiger partial charge in [0.15, 0.2) is 0 Å². The molecule has 0 aliphatic rings. The van der Waals surface area contributed by atoms with Crippen LogP contribution in [0.2, 0.25) is 0 Å². The lowest BCUT2D eigenvalue weighted by Gasteiger charge is -2.14. The van der Waals surface area contributed by atoms with Crippen LogP contribution in [0.3, 0.4) is 0 Å². The number of aliphatic imine (C=N–C) groups is 1. The van der Waals surface area contributed by atoms with Gasteiger partial charge in [-0.3, -0.25) is 9.79 Å². The minimum atomic E-state index is -0.284. The number of aliphatic hydroxyl groups excluding tert-OH is 1. The van der Waals surface area contributed by atoms with Gasteiger partial charge in [0.05, 0.1) is 24.4 Å². The predicted octanol–water partition coefficient (Wildman–Crippen LogP) is 2.42. The van der Waals surface area contributed by atoms with Crippen molar-refractivity contribution >= 4 is 17.0 Å². The Labute approximate surface area is 139 Å². The van der Waals surface area contributed by atoms with Crippen LogP contribution in [0.5, 0.6) is 5.88 Å². The van der Waals surface area contributed by atoms with E-state index in [1.54, 1.807) is 24.3 Å². The standard InChI is InChI=1S/C19H18N2O3/c1-13-5-4-6-14(11-13)21-18(23)16-8-3-2-7-15(16)17(19(21)24)12-20-9-10-22/h2-8,11-12,22,24H,9-10H2,1H3. The van der Waals surface area contributed by atoms with Crippen LogP contribution in [0, 0.1) is 6.92 Å². The van der Waals surface area contributed by atoms with Crippen molar-refractivity contribution in [1.82, 2.24) is 4.57 Å². The molecule has 1 heterocycles. The quantitative estimate of drug-likeness (QED) is 0.724. The van der Waals surface area contributed by atoms with Crippen molar-refractivity contribution in [2.24, 2.45) is 4.99 Å². The van der Waals surface area contributed by atoms with Crippen molar-refractivity contribution in [3.05, 3.63) is 70.0 Å².